The number of rotatable bonds is 7. The zero-order valence-electron chi connectivity index (χ0n) is 18.7. The number of nitrogens with one attached hydrogen (secondary N) is 3. The Morgan fingerprint density at radius 3 is 1.86 bits per heavy atom. The maximum atomic E-state index is 13.1. The number of aryl methyl sites for hydroxylation is 2. The molecule has 3 aromatic carbocycles. The third-order valence-electron chi connectivity index (χ3n) is 4.78. The lowest BCUT2D eigenvalue weighted by atomic mass is 10.1. The van der Waals surface area contributed by atoms with Crippen molar-refractivity contribution in [2.24, 2.45) is 0 Å². The lowest BCUT2D eigenvalue weighted by molar-refractivity contribution is -0.147. The molecule has 3 rings (SSSR count). The van der Waals surface area contributed by atoms with E-state index in [1.54, 1.807) is 0 Å². The van der Waals surface area contributed by atoms with Crippen molar-refractivity contribution in [2.45, 2.75) is 23.6 Å². The number of carboxylic acid groups (broad SMARTS) is 1. The van der Waals surface area contributed by atoms with Crippen molar-refractivity contribution < 1.29 is 41.0 Å². The molecular weight excluding hydrogens is 517 g/mol. The van der Waals surface area contributed by atoms with Crippen molar-refractivity contribution in [2.75, 3.05) is 14.8 Å². The minimum absolute atomic E-state index is 0.0168. The van der Waals surface area contributed by atoms with Crippen LogP contribution in [0.25, 0.3) is 0 Å². The summed E-state index contributed by atoms with van der Waals surface area (Å²) >= 11 is 0. The van der Waals surface area contributed by atoms with Gasteiger partial charge in [-0.15, -0.1) is 0 Å². The van der Waals surface area contributed by atoms with E-state index < -0.39 is 48.4 Å². The monoisotopic (exact) mass is 537 g/mol. The fourth-order valence-corrected chi connectivity index (χ4v) is 6.04. The number of amides is 1. The van der Waals surface area contributed by atoms with E-state index in [-0.39, 0.29) is 33.1 Å². The lowest BCUT2D eigenvalue weighted by Gasteiger charge is -2.16. The van der Waals surface area contributed by atoms with Crippen LogP contribution in [0.3, 0.4) is 0 Å². The van der Waals surface area contributed by atoms with Gasteiger partial charge in [-0.25, -0.2) is 26.0 Å². The molecule has 0 spiro atoms. The van der Waals surface area contributed by atoms with Crippen LogP contribution in [0.15, 0.2) is 64.4 Å². The van der Waals surface area contributed by atoms with Gasteiger partial charge in [0.25, 0.3) is 20.0 Å². The summed E-state index contributed by atoms with van der Waals surface area (Å²) in [5, 5.41) is 21.0. The average Bonchev–Trinajstić information content (AvgIpc) is 2.75. The van der Waals surface area contributed by atoms with Crippen molar-refractivity contribution in [1.29, 1.82) is 0 Å². The molecule has 11 nitrogen and oxygen atoms in total. The maximum Gasteiger partial charge on any atom is 0.394 e. The van der Waals surface area contributed by atoms with E-state index in [0.717, 1.165) is 30.3 Å². The van der Waals surface area contributed by atoms with Crippen LogP contribution in [0.4, 0.5) is 21.5 Å². The van der Waals surface area contributed by atoms with Crippen LogP contribution in [-0.2, 0) is 29.6 Å². The molecule has 0 radical (unpaired) electrons. The highest BCUT2D eigenvalue weighted by Crippen LogP contribution is 2.31. The zero-order chi connectivity index (χ0) is 26.8. The highest BCUT2D eigenvalue weighted by molar-refractivity contribution is 7.93. The third-order valence-corrected chi connectivity index (χ3v) is 7.88. The first-order chi connectivity index (χ1) is 16.7. The predicted molar refractivity (Wildman–Crippen MR) is 128 cm³/mol. The van der Waals surface area contributed by atoms with Crippen LogP contribution in [0, 0.1) is 19.7 Å². The second-order valence-corrected chi connectivity index (χ2v) is 10.9. The van der Waals surface area contributed by atoms with E-state index in [9.17, 15) is 35.9 Å². The normalized spacial score (nSPS) is 11.5. The molecule has 0 saturated heterocycles. The number of benzene rings is 3. The average molecular weight is 538 g/mol. The molecule has 0 unspecified atom stereocenters. The molecule has 5 N–H and O–H groups in total. The zero-order valence-corrected chi connectivity index (χ0v) is 20.4. The van der Waals surface area contributed by atoms with Crippen molar-refractivity contribution in [3.8, 4) is 5.75 Å². The minimum atomic E-state index is -4.39. The quantitative estimate of drug-likeness (QED) is 0.225. The van der Waals surface area contributed by atoms with E-state index in [4.69, 9.17) is 5.11 Å². The largest absolute Gasteiger partial charge is 0.507 e. The molecular formula is C22H20FN3O8S2. The van der Waals surface area contributed by atoms with Gasteiger partial charge in [0, 0.05) is 11.4 Å². The number of aromatic hydroxyl groups is 1. The first-order valence-corrected chi connectivity index (χ1v) is 13.0. The molecule has 0 heterocycles. The maximum absolute atomic E-state index is 13.1. The summed E-state index contributed by atoms with van der Waals surface area (Å²) in [6, 6.07) is 9.98. The molecule has 1 amide bonds. The van der Waals surface area contributed by atoms with E-state index in [2.05, 4.69) is 14.8 Å². The Bertz CT molecular complexity index is 1550. The number of halogens is 1. The Morgan fingerprint density at radius 1 is 0.778 bits per heavy atom. The molecule has 0 saturated carbocycles. The number of aliphatic carboxylic acids is 1. The van der Waals surface area contributed by atoms with Crippen LogP contribution >= 0.6 is 0 Å². The van der Waals surface area contributed by atoms with Crippen LogP contribution in [0.1, 0.15) is 11.1 Å². The summed E-state index contributed by atoms with van der Waals surface area (Å²) in [6.07, 6.45) is 0. The molecule has 0 fully saturated rings. The molecule has 36 heavy (non-hydrogen) atoms. The van der Waals surface area contributed by atoms with Crippen LogP contribution in [-0.4, -0.2) is 38.9 Å². The number of phenols is 1. The number of carbonyl (C=O) groups excluding carboxylic acids is 1. The van der Waals surface area contributed by atoms with Gasteiger partial charge in [0.1, 0.15) is 16.5 Å². The van der Waals surface area contributed by atoms with Gasteiger partial charge in [0.05, 0.1) is 10.6 Å². The second kappa shape index (κ2) is 9.83. The first-order valence-electron chi connectivity index (χ1n) is 9.99. The van der Waals surface area contributed by atoms with Gasteiger partial charge in [-0.05, 0) is 79.6 Å². The van der Waals surface area contributed by atoms with Gasteiger partial charge in [-0.2, -0.15) is 0 Å². The summed E-state index contributed by atoms with van der Waals surface area (Å²) in [5.41, 5.74) is 0.249. The van der Waals surface area contributed by atoms with Crippen molar-refractivity contribution in [3.05, 3.63) is 71.5 Å². The standard InChI is InChI=1S/C22H20FN3O8S2/c1-12-9-17(24-21(28)22(29)30)10-13(2)20(12)36(33,34)26-16-7-8-18(27)19(11-16)35(31,32)25-15-5-3-14(23)4-6-15/h3-11,25-27H,1-2H3,(H,24,28)(H,29,30). The van der Waals surface area contributed by atoms with Crippen molar-refractivity contribution >= 4 is 49.0 Å². The van der Waals surface area contributed by atoms with Crippen LogP contribution in [0.2, 0.25) is 0 Å². The van der Waals surface area contributed by atoms with Gasteiger partial charge in [0.15, 0.2) is 0 Å². The van der Waals surface area contributed by atoms with Gasteiger partial charge in [-0.1, -0.05) is 0 Å². The lowest BCUT2D eigenvalue weighted by Crippen LogP contribution is -2.22. The molecule has 0 aliphatic rings. The highest BCUT2D eigenvalue weighted by atomic mass is 32.2. The van der Waals surface area contributed by atoms with E-state index in [1.165, 1.54) is 38.1 Å². The summed E-state index contributed by atoms with van der Waals surface area (Å²) in [4.78, 5) is 21.3. The van der Waals surface area contributed by atoms with Gasteiger partial charge in [-0.3, -0.25) is 14.2 Å². The number of carbonyl (C=O) groups is 2. The Kier molecular flexibility index (Phi) is 7.22. The number of anilines is 3. The van der Waals surface area contributed by atoms with E-state index in [1.807, 2.05) is 0 Å². The Morgan fingerprint density at radius 2 is 1.31 bits per heavy atom. The number of hydrogen-bond acceptors (Lipinski definition) is 7. The van der Waals surface area contributed by atoms with E-state index in [0.29, 0.717) is 0 Å². The Hall–Kier alpha value is -4.17. The molecule has 190 valence electrons. The summed E-state index contributed by atoms with van der Waals surface area (Å²) in [7, 11) is -8.68. The summed E-state index contributed by atoms with van der Waals surface area (Å²) in [6.45, 7) is 2.86. The SMILES string of the molecule is Cc1cc(NC(=O)C(=O)O)cc(C)c1S(=O)(=O)Nc1ccc(O)c(S(=O)(=O)Nc2ccc(F)cc2)c1. The molecule has 3 aromatic rings. The summed E-state index contributed by atoms with van der Waals surface area (Å²) < 4.78 is 69.2. The fourth-order valence-electron chi connectivity index (χ4n) is 3.36. The van der Waals surface area contributed by atoms with Gasteiger partial charge in [0.2, 0.25) is 0 Å². The molecule has 0 aliphatic carbocycles. The minimum Gasteiger partial charge on any atom is -0.507 e. The molecule has 0 atom stereocenters. The van der Waals surface area contributed by atoms with Gasteiger partial charge < -0.3 is 15.5 Å². The number of phenolic OH excluding ortho intramolecular Hbond substituents is 1. The van der Waals surface area contributed by atoms with Gasteiger partial charge >= 0.3 is 11.9 Å². The molecule has 14 heteroatoms. The topological polar surface area (TPSA) is 179 Å². The number of carboxylic acids is 1. The highest BCUT2D eigenvalue weighted by Gasteiger charge is 2.24. The van der Waals surface area contributed by atoms with Crippen molar-refractivity contribution in [3.63, 3.8) is 0 Å². The molecule has 0 aliphatic heterocycles. The fraction of sp³-hybridized carbons (Fsp3) is 0.0909. The Balaban J connectivity index is 1.92. The first kappa shape index (κ1) is 26.4. The summed E-state index contributed by atoms with van der Waals surface area (Å²) in [5.74, 6) is -4.25. The smallest absolute Gasteiger partial charge is 0.394 e. The number of sulfonamides is 2. The number of hydrogen-bond donors (Lipinski definition) is 5. The Labute approximate surface area is 205 Å². The van der Waals surface area contributed by atoms with Crippen LogP contribution in [0.5, 0.6) is 5.75 Å². The predicted octanol–water partition coefficient (Wildman–Crippen LogP) is 2.77. The third kappa shape index (κ3) is 5.90. The van der Waals surface area contributed by atoms with Crippen molar-refractivity contribution in [1.82, 2.24) is 0 Å². The van der Waals surface area contributed by atoms with E-state index >= 15 is 0 Å². The molecule has 0 bridgehead atoms. The van der Waals surface area contributed by atoms with Crippen LogP contribution < -0.4 is 14.8 Å². The molecule has 0 aromatic heterocycles. The second-order valence-electron chi connectivity index (χ2n) is 7.60.